The van der Waals surface area contributed by atoms with Gasteiger partial charge in [0.05, 0.1) is 11.9 Å². The number of hydrogen-bond donors (Lipinski definition) is 2. The van der Waals surface area contributed by atoms with Gasteiger partial charge in [-0.15, -0.1) is 0 Å². The van der Waals surface area contributed by atoms with Gasteiger partial charge in [-0.25, -0.2) is 19.2 Å². The minimum absolute atomic E-state index is 0.00436. The van der Waals surface area contributed by atoms with E-state index in [4.69, 9.17) is 5.11 Å². The summed E-state index contributed by atoms with van der Waals surface area (Å²) < 4.78 is 60.0. The highest BCUT2D eigenvalue weighted by Crippen LogP contribution is 2.32. The summed E-state index contributed by atoms with van der Waals surface area (Å²) in [6.45, 7) is 0.837. The molecule has 49 heavy (non-hydrogen) atoms. The van der Waals surface area contributed by atoms with Crippen molar-refractivity contribution in [3.8, 4) is 17.0 Å². The van der Waals surface area contributed by atoms with Gasteiger partial charge >= 0.3 is 12.7 Å². The minimum Gasteiger partial charge on any atom is -0.465 e. The number of alkyl halides is 2. The molecule has 12 nitrogen and oxygen atoms in total. The Labute approximate surface area is 277 Å². The molecule has 0 radical (unpaired) electrons. The number of ether oxygens (including phenoxy) is 1. The van der Waals surface area contributed by atoms with Crippen molar-refractivity contribution in [1.29, 1.82) is 0 Å². The van der Waals surface area contributed by atoms with E-state index in [0.29, 0.717) is 75.6 Å². The van der Waals surface area contributed by atoms with E-state index in [2.05, 4.69) is 20.0 Å². The first-order chi connectivity index (χ1) is 23.5. The molecule has 0 aliphatic carbocycles. The number of amides is 3. The Morgan fingerprint density at radius 1 is 0.959 bits per heavy atom. The number of benzene rings is 2. The summed E-state index contributed by atoms with van der Waals surface area (Å²) in [6, 6.07) is 7.31. The number of halogens is 4. The largest absolute Gasteiger partial charge is 0.465 e. The van der Waals surface area contributed by atoms with E-state index in [-0.39, 0.29) is 34.6 Å². The molecule has 4 aromatic rings. The highest BCUT2D eigenvalue weighted by Gasteiger charge is 2.33. The first-order valence-electron chi connectivity index (χ1n) is 15.8. The van der Waals surface area contributed by atoms with Crippen molar-refractivity contribution >= 4 is 35.1 Å². The summed E-state index contributed by atoms with van der Waals surface area (Å²) >= 11 is 0. The summed E-state index contributed by atoms with van der Waals surface area (Å²) in [5.74, 6) is -3.90. The van der Waals surface area contributed by atoms with Crippen molar-refractivity contribution in [3.05, 3.63) is 71.7 Å². The topological polar surface area (TPSA) is 133 Å². The molecule has 0 unspecified atom stereocenters. The van der Waals surface area contributed by atoms with Gasteiger partial charge in [-0.1, -0.05) is 6.92 Å². The second-order valence-electron chi connectivity index (χ2n) is 11.7. The Hall–Kier alpha value is -5.41. The van der Waals surface area contributed by atoms with Gasteiger partial charge in [0, 0.05) is 74.4 Å². The molecule has 2 aromatic heterocycles. The average Bonchev–Trinajstić information content (AvgIpc) is 3.54. The Kier molecular flexibility index (Phi) is 9.56. The molecule has 2 aliphatic heterocycles. The van der Waals surface area contributed by atoms with Gasteiger partial charge in [0.1, 0.15) is 0 Å². The van der Waals surface area contributed by atoms with Crippen LogP contribution in [0, 0.1) is 17.6 Å². The van der Waals surface area contributed by atoms with Crippen molar-refractivity contribution in [3.63, 3.8) is 0 Å². The number of nitrogens with one attached hydrogen (secondary N) is 1. The van der Waals surface area contributed by atoms with Crippen LogP contribution in [-0.4, -0.2) is 98.0 Å². The zero-order valence-corrected chi connectivity index (χ0v) is 26.4. The van der Waals surface area contributed by atoms with Gasteiger partial charge in [-0.3, -0.25) is 14.0 Å². The first-order valence-corrected chi connectivity index (χ1v) is 15.8. The molecular weight excluding hydrogens is 650 g/mol. The van der Waals surface area contributed by atoms with E-state index in [1.807, 2.05) is 13.0 Å². The lowest BCUT2D eigenvalue weighted by molar-refractivity contribution is -0.138. The number of aromatic nitrogens is 3. The second-order valence-corrected chi connectivity index (χ2v) is 11.7. The maximum Gasteiger partial charge on any atom is 0.407 e. The first kappa shape index (κ1) is 33.5. The number of carbonyl (C=O) groups excluding carboxylic acids is 2. The number of likely N-dealkylation sites (tertiary alicyclic amines) is 1. The van der Waals surface area contributed by atoms with E-state index < -0.39 is 30.1 Å². The molecule has 2 aromatic carbocycles. The number of carbonyl (C=O) groups is 3. The van der Waals surface area contributed by atoms with Crippen molar-refractivity contribution in [2.75, 3.05) is 44.6 Å². The minimum atomic E-state index is -3.31. The summed E-state index contributed by atoms with van der Waals surface area (Å²) in [5.41, 5.74) is 2.13. The normalized spacial score (nSPS) is 15.6. The molecule has 4 heterocycles. The number of aryl methyl sites for hydroxylation is 1. The highest BCUT2D eigenvalue weighted by atomic mass is 19.3. The Bertz CT molecular complexity index is 1890. The van der Waals surface area contributed by atoms with Crippen LogP contribution in [0.25, 0.3) is 16.9 Å². The summed E-state index contributed by atoms with van der Waals surface area (Å²) in [4.78, 5) is 51.3. The number of fused-ring (bicyclic) bond motifs is 1. The fourth-order valence-corrected chi connectivity index (χ4v) is 6.31. The quantitative estimate of drug-likeness (QED) is 0.241. The van der Waals surface area contributed by atoms with Gasteiger partial charge in [-0.05, 0) is 55.2 Å². The maximum atomic E-state index is 14.9. The van der Waals surface area contributed by atoms with E-state index in [9.17, 15) is 31.9 Å². The Balaban J connectivity index is 1.13. The molecule has 0 atom stereocenters. The van der Waals surface area contributed by atoms with Crippen LogP contribution < -0.4 is 10.1 Å². The number of carboxylic acid groups (broad SMARTS) is 1. The number of piperidine rings is 1. The second kappa shape index (κ2) is 14.0. The highest BCUT2D eigenvalue weighted by molar-refractivity contribution is 5.96. The molecule has 0 saturated carbocycles. The maximum absolute atomic E-state index is 14.9. The monoisotopic (exact) mass is 683 g/mol. The summed E-state index contributed by atoms with van der Waals surface area (Å²) in [5, 5.41) is 12.3. The molecule has 258 valence electrons. The van der Waals surface area contributed by atoms with Crippen LogP contribution >= 0.6 is 0 Å². The van der Waals surface area contributed by atoms with Crippen LogP contribution in [0.15, 0.2) is 48.9 Å². The standard InChI is InChI=1S/C33H33F4N7O5/c1-2-19-17-21(3-4-22(19)31(46)42-15-13-41(14-16-42)30(45)20-7-10-43(11-8-20)33(47)48)40-28-29-39-18-24(44(29)12-9-38-28)23-5-6-25(49-32(36)37)27(35)26(23)34/h3-6,9,12,17-18,20,32H,2,7-8,10-11,13-16H2,1H3,(H,38,40)(H,47,48). The number of nitrogens with zero attached hydrogens (tertiary/aromatic N) is 6. The van der Waals surface area contributed by atoms with Gasteiger partial charge in [0.15, 0.2) is 23.0 Å². The predicted molar refractivity (Wildman–Crippen MR) is 169 cm³/mol. The van der Waals surface area contributed by atoms with Gasteiger partial charge in [0.2, 0.25) is 11.7 Å². The van der Waals surface area contributed by atoms with Crippen molar-refractivity contribution in [2.45, 2.75) is 32.8 Å². The lowest BCUT2D eigenvalue weighted by Crippen LogP contribution is -2.53. The zero-order chi connectivity index (χ0) is 34.8. The smallest absolute Gasteiger partial charge is 0.407 e. The fourth-order valence-electron chi connectivity index (χ4n) is 6.31. The molecule has 0 spiro atoms. The van der Waals surface area contributed by atoms with Crippen LogP contribution in [0.4, 0.5) is 33.9 Å². The fraction of sp³-hybridized carbons (Fsp3) is 0.364. The number of imidazole rings is 1. The van der Waals surface area contributed by atoms with Crippen LogP contribution in [-0.2, 0) is 11.2 Å². The van der Waals surface area contributed by atoms with Crippen molar-refractivity contribution in [1.82, 2.24) is 29.1 Å². The number of rotatable bonds is 8. The predicted octanol–water partition coefficient (Wildman–Crippen LogP) is 5.26. The number of hydrogen-bond acceptors (Lipinski definition) is 7. The zero-order valence-electron chi connectivity index (χ0n) is 26.4. The molecule has 2 saturated heterocycles. The molecule has 16 heteroatoms. The molecule has 2 fully saturated rings. The molecule has 3 amide bonds. The molecular formula is C33H33F4N7O5. The van der Waals surface area contributed by atoms with E-state index >= 15 is 0 Å². The molecule has 6 rings (SSSR count). The lowest BCUT2D eigenvalue weighted by atomic mass is 9.95. The van der Waals surface area contributed by atoms with Crippen LogP contribution in [0.2, 0.25) is 0 Å². The van der Waals surface area contributed by atoms with Gasteiger partial charge < -0.3 is 29.9 Å². The third-order valence-electron chi connectivity index (χ3n) is 8.94. The van der Waals surface area contributed by atoms with E-state index in [1.54, 1.807) is 21.9 Å². The van der Waals surface area contributed by atoms with E-state index in [0.717, 1.165) is 17.7 Å². The SMILES string of the molecule is CCc1cc(Nc2nccn3c(-c4ccc(OC(F)F)c(F)c4F)cnc23)ccc1C(=O)N1CCN(C(=O)C2CCN(C(=O)O)CC2)CC1. The van der Waals surface area contributed by atoms with Crippen LogP contribution in [0.3, 0.4) is 0 Å². The molecule has 2 aliphatic rings. The average molecular weight is 684 g/mol. The summed E-state index contributed by atoms with van der Waals surface area (Å²) in [6.07, 6.45) is 4.80. The van der Waals surface area contributed by atoms with Crippen LogP contribution in [0.5, 0.6) is 5.75 Å². The van der Waals surface area contributed by atoms with E-state index in [1.165, 1.54) is 27.9 Å². The summed E-state index contributed by atoms with van der Waals surface area (Å²) in [7, 11) is 0. The third-order valence-corrected chi connectivity index (χ3v) is 8.94. The Morgan fingerprint density at radius 2 is 1.67 bits per heavy atom. The molecule has 0 bridgehead atoms. The Morgan fingerprint density at radius 3 is 2.35 bits per heavy atom. The number of piperazine rings is 1. The number of anilines is 2. The van der Waals surface area contributed by atoms with Gasteiger partial charge in [-0.2, -0.15) is 13.2 Å². The third kappa shape index (κ3) is 6.80. The van der Waals surface area contributed by atoms with Crippen molar-refractivity contribution in [2.24, 2.45) is 5.92 Å². The molecule has 2 N–H and O–H groups in total. The van der Waals surface area contributed by atoms with Crippen LogP contribution in [0.1, 0.15) is 35.7 Å². The van der Waals surface area contributed by atoms with Crippen molar-refractivity contribution < 1.29 is 41.8 Å². The van der Waals surface area contributed by atoms with Gasteiger partial charge in [0.25, 0.3) is 5.91 Å². The lowest BCUT2D eigenvalue weighted by Gasteiger charge is -2.38.